The molecule has 1 aliphatic rings. The third-order valence-electron chi connectivity index (χ3n) is 3.30. The van der Waals surface area contributed by atoms with E-state index in [0.717, 1.165) is 12.8 Å². The predicted octanol–water partition coefficient (Wildman–Crippen LogP) is 1.88. The lowest BCUT2D eigenvalue weighted by molar-refractivity contribution is -0.137. The van der Waals surface area contributed by atoms with Crippen molar-refractivity contribution in [3.8, 4) is 0 Å². The van der Waals surface area contributed by atoms with Crippen LogP contribution in [0.15, 0.2) is 24.3 Å². The van der Waals surface area contributed by atoms with Crippen molar-refractivity contribution in [3.05, 3.63) is 35.6 Å². The highest BCUT2D eigenvalue weighted by Crippen LogP contribution is 2.33. The number of benzene rings is 1. The average molecular weight is 280 g/mol. The average Bonchev–Trinajstić information content (AvgIpc) is 3.21. The van der Waals surface area contributed by atoms with Crippen molar-refractivity contribution in [2.24, 2.45) is 5.92 Å². The molecule has 1 fully saturated rings. The number of halogens is 1. The van der Waals surface area contributed by atoms with Gasteiger partial charge >= 0.3 is 12.0 Å². The maximum Gasteiger partial charge on any atom is 0.315 e. The summed E-state index contributed by atoms with van der Waals surface area (Å²) < 4.78 is 13.4. The molecule has 2 rings (SSSR count). The topological polar surface area (TPSA) is 78.4 Å². The van der Waals surface area contributed by atoms with Crippen molar-refractivity contribution in [2.75, 3.05) is 0 Å². The molecule has 0 aromatic heterocycles. The van der Waals surface area contributed by atoms with Gasteiger partial charge < -0.3 is 15.7 Å². The zero-order chi connectivity index (χ0) is 14.5. The van der Waals surface area contributed by atoms with Gasteiger partial charge in [0.15, 0.2) is 0 Å². The molecule has 20 heavy (non-hydrogen) atoms. The molecule has 0 bridgehead atoms. The first-order valence-corrected chi connectivity index (χ1v) is 6.56. The van der Waals surface area contributed by atoms with E-state index >= 15 is 0 Å². The zero-order valence-corrected chi connectivity index (χ0v) is 10.9. The van der Waals surface area contributed by atoms with E-state index in [1.165, 1.54) is 6.07 Å². The molecule has 0 heterocycles. The standard InChI is InChI=1S/C14H17FN2O3/c15-11-4-2-1-3-10(11)8-16-14(20)17-12(7-13(18)19)9-5-6-9/h1-4,9,12H,5-8H2,(H,18,19)(H2,16,17,20). The second kappa shape index (κ2) is 6.36. The van der Waals surface area contributed by atoms with E-state index in [1.807, 2.05) is 0 Å². The Morgan fingerprint density at radius 3 is 2.65 bits per heavy atom. The molecule has 0 radical (unpaired) electrons. The van der Waals surface area contributed by atoms with Crippen molar-refractivity contribution >= 4 is 12.0 Å². The third kappa shape index (κ3) is 4.22. The summed E-state index contributed by atoms with van der Waals surface area (Å²) in [5.74, 6) is -1.07. The first-order chi connectivity index (χ1) is 9.56. The first-order valence-electron chi connectivity index (χ1n) is 6.56. The highest BCUT2D eigenvalue weighted by Gasteiger charge is 2.33. The highest BCUT2D eigenvalue weighted by molar-refractivity contribution is 5.75. The molecule has 1 aromatic rings. The van der Waals surface area contributed by atoms with Crippen molar-refractivity contribution < 1.29 is 19.1 Å². The summed E-state index contributed by atoms with van der Waals surface area (Å²) in [4.78, 5) is 22.4. The minimum atomic E-state index is -0.934. The molecule has 5 nitrogen and oxygen atoms in total. The fourth-order valence-electron chi connectivity index (χ4n) is 2.06. The normalized spacial score (nSPS) is 15.4. The second-order valence-corrected chi connectivity index (χ2v) is 4.96. The van der Waals surface area contributed by atoms with Crippen LogP contribution in [-0.4, -0.2) is 23.1 Å². The van der Waals surface area contributed by atoms with Crippen LogP contribution >= 0.6 is 0 Å². The van der Waals surface area contributed by atoms with Crippen LogP contribution in [0.2, 0.25) is 0 Å². The van der Waals surface area contributed by atoms with Gasteiger partial charge in [0.25, 0.3) is 0 Å². The van der Waals surface area contributed by atoms with Crippen LogP contribution in [0.5, 0.6) is 0 Å². The van der Waals surface area contributed by atoms with E-state index in [1.54, 1.807) is 18.2 Å². The van der Waals surface area contributed by atoms with Crippen molar-refractivity contribution in [1.82, 2.24) is 10.6 Å². The SMILES string of the molecule is O=C(O)CC(NC(=O)NCc1ccccc1F)C1CC1. The lowest BCUT2D eigenvalue weighted by Gasteiger charge is -2.16. The summed E-state index contributed by atoms with van der Waals surface area (Å²) in [6.45, 7) is 0.0724. The van der Waals surface area contributed by atoms with Gasteiger partial charge in [-0.25, -0.2) is 9.18 Å². The Hall–Kier alpha value is -2.11. The lowest BCUT2D eigenvalue weighted by Crippen LogP contribution is -2.43. The molecule has 0 aliphatic heterocycles. The highest BCUT2D eigenvalue weighted by atomic mass is 19.1. The maximum atomic E-state index is 13.4. The quantitative estimate of drug-likeness (QED) is 0.744. The Kier molecular flexibility index (Phi) is 4.55. The van der Waals surface area contributed by atoms with Crippen molar-refractivity contribution in [2.45, 2.75) is 31.8 Å². The van der Waals surface area contributed by atoms with Gasteiger partial charge in [0, 0.05) is 18.2 Å². The van der Waals surface area contributed by atoms with Crippen molar-refractivity contribution in [1.29, 1.82) is 0 Å². The van der Waals surface area contributed by atoms with Gasteiger partial charge in [0.05, 0.1) is 6.42 Å². The van der Waals surface area contributed by atoms with E-state index in [-0.39, 0.29) is 30.7 Å². The van der Waals surface area contributed by atoms with Gasteiger partial charge in [-0.3, -0.25) is 4.79 Å². The molecular weight excluding hydrogens is 263 g/mol. The lowest BCUT2D eigenvalue weighted by atomic mass is 10.1. The third-order valence-corrected chi connectivity index (χ3v) is 3.30. The number of carboxylic acid groups (broad SMARTS) is 1. The molecule has 1 saturated carbocycles. The van der Waals surface area contributed by atoms with Gasteiger partial charge in [-0.05, 0) is 24.8 Å². The van der Waals surface area contributed by atoms with E-state index in [2.05, 4.69) is 10.6 Å². The molecule has 108 valence electrons. The zero-order valence-electron chi connectivity index (χ0n) is 10.9. The summed E-state index contributed by atoms with van der Waals surface area (Å²) in [5.41, 5.74) is 0.392. The van der Waals surface area contributed by atoms with Crippen molar-refractivity contribution in [3.63, 3.8) is 0 Å². The van der Waals surface area contributed by atoms with Crippen LogP contribution < -0.4 is 10.6 Å². The number of amides is 2. The molecule has 6 heteroatoms. The molecule has 3 N–H and O–H groups in total. The van der Waals surface area contributed by atoms with E-state index < -0.39 is 12.0 Å². The Morgan fingerprint density at radius 2 is 2.05 bits per heavy atom. The van der Waals surface area contributed by atoms with Crippen LogP contribution in [0.25, 0.3) is 0 Å². The maximum absolute atomic E-state index is 13.4. The number of hydrogen-bond donors (Lipinski definition) is 3. The molecule has 1 aromatic carbocycles. The van der Waals surface area contributed by atoms with Crippen LogP contribution in [0.1, 0.15) is 24.8 Å². The summed E-state index contributed by atoms with van der Waals surface area (Å²) in [5, 5.41) is 14.0. The largest absolute Gasteiger partial charge is 0.481 e. The van der Waals surface area contributed by atoms with Crippen LogP contribution in [0.3, 0.4) is 0 Å². The molecule has 2 amide bonds. The number of aliphatic carboxylic acids is 1. The number of urea groups is 1. The smallest absolute Gasteiger partial charge is 0.315 e. The monoisotopic (exact) mass is 280 g/mol. The Labute approximate surface area is 116 Å². The van der Waals surface area contributed by atoms with Crippen LogP contribution in [0, 0.1) is 11.7 Å². The minimum Gasteiger partial charge on any atom is -0.481 e. The Bertz CT molecular complexity index is 503. The summed E-state index contributed by atoms with van der Waals surface area (Å²) >= 11 is 0. The van der Waals surface area contributed by atoms with Gasteiger partial charge in [-0.1, -0.05) is 18.2 Å². The Balaban J connectivity index is 1.82. The number of carbonyl (C=O) groups excluding carboxylic acids is 1. The molecule has 1 aliphatic carbocycles. The Morgan fingerprint density at radius 1 is 1.35 bits per heavy atom. The fourth-order valence-corrected chi connectivity index (χ4v) is 2.06. The number of hydrogen-bond acceptors (Lipinski definition) is 2. The van der Waals surface area contributed by atoms with Gasteiger partial charge in [-0.15, -0.1) is 0 Å². The van der Waals surface area contributed by atoms with E-state index in [4.69, 9.17) is 5.11 Å². The molecule has 0 saturated heterocycles. The van der Waals surface area contributed by atoms with Crippen LogP contribution in [-0.2, 0) is 11.3 Å². The fraction of sp³-hybridized carbons (Fsp3) is 0.429. The van der Waals surface area contributed by atoms with Gasteiger partial charge in [0.1, 0.15) is 5.82 Å². The minimum absolute atomic E-state index is 0.0724. The molecule has 1 unspecified atom stereocenters. The number of nitrogens with one attached hydrogen (secondary N) is 2. The van der Waals surface area contributed by atoms with Crippen LogP contribution in [0.4, 0.5) is 9.18 Å². The summed E-state index contributed by atoms with van der Waals surface area (Å²) in [6, 6.07) is 5.36. The molecule has 0 spiro atoms. The van der Waals surface area contributed by atoms with E-state index in [0.29, 0.717) is 5.56 Å². The molecule has 1 atom stereocenters. The summed E-state index contributed by atoms with van der Waals surface area (Å²) in [7, 11) is 0. The van der Waals surface area contributed by atoms with Gasteiger partial charge in [0.2, 0.25) is 0 Å². The van der Waals surface area contributed by atoms with E-state index in [9.17, 15) is 14.0 Å². The predicted molar refractivity (Wildman–Crippen MR) is 70.5 cm³/mol. The van der Waals surface area contributed by atoms with Gasteiger partial charge in [-0.2, -0.15) is 0 Å². The number of carbonyl (C=O) groups is 2. The molecular formula is C14H17FN2O3. The second-order valence-electron chi connectivity index (χ2n) is 4.96. The number of carboxylic acids is 1. The summed E-state index contributed by atoms with van der Waals surface area (Å²) in [6.07, 6.45) is 1.79. The number of rotatable bonds is 6. The first kappa shape index (κ1) is 14.3.